The fraction of sp³-hybridized carbons (Fsp3) is 0.182. The fourth-order valence-electron chi connectivity index (χ4n) is 1.41. The van der Waals surface area contributed by atoms with E-state index in [1.165, 1.54) is 0 Å². The van der Waals surface area contributed by atoms with Gasteiger partial charge in [0.05, 0.1) is 11.9 Å². The second kappa shape index (κ2) is 3.66. The Morgan fingerprint density at radius 1 is 1.06 bits per heavy atom. The van der Waals surface area contributed by atoms with Crippen molar-refractivity contribution < 1.29 is 13.2 Å². The molecule has 2 aromatic rings. The molecule has 1 heterocycles. The summed E-state index contributed by atoms with van der Waals surface area (Å²) in [4.78, 5) is 0. The summed E-state index contributed by atoms with van der Waals surface area (Å²) in [7, 11) is 0. The van der Waals surface area contributed by atoms with Gasteiger partial charge in [-0.05, 0) is 25.1 Å². The molecule has 1 aromatic carbocycles. The highest BCUT2D eigenvalue weighted by atomic mass is 19.4. The number of benzene rings is 1. The van der Waals surface area contributed by atoms with Gasteiger partial charge in [0.25, 0.3) is 0 Å². The second-order valence-electron chi connectivity index (χ2n) is 3.46. The van der Waals surface area contributed by atoms with E-state index in [0.717, 1.165) is 22.5 Å². The highest BCUT2D eigenvalue weighted by Crippen LogP contribution is 2.30. The fourth-order valence-corrected chi connectivity index (χ4v) is 1.41. The third-order valence-corrected chi connectivity index (χ3v) is 2.21. The minimum atomic E-state index is -4.39. The number of alkyl halides is 3. The lowest BCUT2D eigenvalue weighted by Crippen LogP contribution is -2.13. The Kier molecular flexibility index (Phi) is 2.46. The molecule has 0 fully saturated rings. The Labute approximate surface area is 90.3 Å². The van der Waals surface area contributed by atoms with Crippen LogP contribution >= 0.6 is 0 Å². The van der Waals surface area contributed by atoms with Gasteiger partial charge in [-0.2, -0.15) is 18.3 Å². The SMILES string of the molecule is Cc1ccc(-n2nccc2C(F)(F)F)cc1. The number of nitrogens with zero attached hydrogens (tertiary/aromatic N) is 2. The summed E-state index contributed by atoms with van der Waals surface area (Å²) < 4.78 is 38.6. The molecule has 0 aliphatic heterocycles. The predicted octanol–water partition coefficient (Wildman–Crippen LogP) is 3.20. The van der Waals surface area contributed by atoms with Gasteiger partial charge in [0.2, 0.25) is 0 Å². The van der Waals surface area contributed by atoms with Gasteiger partial charge in [-0.25, -0.2) is 4.68 Å². The van der Waals surface area contributed by atoms with Gasteiger partial charge in [0.1, 0.15) is 5.69 Å². The summed E-state index contributed by atoms with van der Waals surface area (Å²) in [5.74, 6) is 0. The number of hydrogen-bond donors (Lipinski definition) is 0. The molecule has 0 radical (unpaired) electrons. The smallest absolute Gasteiger partial charge is 0.229 e. The average molecular weight is 226 g/mol. The quantitative estimate of drug-likeness (QED) is 0.730. The van der Waals surface area contributed by atoms with Crippen molar-refractivity contribution in [3.05, 3.63) is 47.8 Å². The van der Waals surface area contributed by atoms with Crippen LogP contribution in [0.15, 0.2) is 36.5 Å². The number of aromatic nitrogens is 2. The first-order valence-corrected chi connectivity index (χ1v) is 4.67. The van der Waals surface area contributed by atoms with E-state index in [1.54, 1.807) is 24.3 Å². The molecular formula is C11H9F3N2. The molecule has 5 heteroatoms. The standard InChI is InChI=1S/C11H9F3N2/c1-8-2-4-9(5-3-8)16-10(6-7-15-16)11(12,13)14/h2-7H,1H3. The largest absolute Gasteiger partial charge is 0.433 e. The van der Waals surface area contributed by atoms with Crippen molar-refractivity contribution in [2.45, 2.75) is 13.1 Å². The molecule has 0 saturated heterocycles. The third-order valence-electron chi connectivity index (χ3n) is 2.21. The van der Waals surface area contributed by atoms with Crippen LogP contribution in [0.5, 0.6) is 0 Å². The van der Waals surface area contributed by atoms with Gasteiger partial charge in [0, 0.05) is 0 Å². The van der Waals surface area contributed by atoms with Crippen molar-refractivity contribution in [1.82, 2.24) is 9.78 Å². The van der Waals surface area contributed by atoms with Crippen molar-refractivity contribution in [1.29, 1.82) is 0 Å². The molecule has 0 N–H and O–H groups in total. The maximum absolute atomic E-state index is 12.6. The van der Waals surface area contributed by atoms with Crippen molar-refractivity contribution in [2.75, 3.05) is 0 Å². The van der Waals surface area contributed by atoms with Gasteiger partial charge in [-0.1, -0.05) is 17.7 Å². The predicted molar refractivity (Wildman–Crippen MR) is 53.3 cm³/mol. The van der Waals surface area contributed by atoms with Crippen molar-refractivity contribution in [2.24, 2.45) is 0 Å². The van der Waals surface area contributed by atoms with Crippen LogP contribution in [0.25, 0.3) is 5.69 Å². The van der Waals surface area contributed by atoms with E-state index in [9.17, 15) is 13.2 Å². The Bertz CT molecular complexity index is 483. The third kappa shape index (κ3) is 1.93. The Balaban J connectivity index is 2.49. The van der Waals surface area contributed by atoms with Crippen LogP contribution in [0.4, 0.5) is 13.2 Å². The molecule has 16 heavy (non-hydrogen) atoms. The highest BCUT2D eigenvalue weighted by molar-refractivity contribution is 5.35. The Morgan fingerprint density at radius 2 is 1.69 bits per heavy atom. The number of rotatable bonds is 1. The second-order valence-corrected chi connectivity index (χ2v) is 3.46. The zero-order valence-corrected chi connectivity index (χ0v) is 8.49. The maximum Gasteiger partial charge on any atom is 0.433 e. The topological polar surface area (TPSA) is 17.8 Å². The van der Waals surface area contributed by atoms with Crippen LogP contribution in [0.3, 0.4) is 0 Å². The van der Waals surface area contributed by atoms with Gasteiger partial charge in [-0.15, -0.1) is 0 Å². The molecule has 2 rings (SSSR count). The van der Waals surface area contributed by atoms with E-state index < -0.39 is 11.9 Å². The monoisotopic (exact) mass is 226 g/mol. The molecular weight excluding hydrogens is 217 g/mol. The maximum atomic E-state index is 12.6. The number of hydrogen-bond acceptors (Lipinski definition) is 1. The highest BCUT2D eigenvalue weighted by Gasteiger charge is 2.35. The molecule has 0 aliphatic rings. The molecule has 0 bridgehead atoms. The number of aryl methyl sites for hydroxylation is 1. The minimum Gasteiger partial charge on any atom is -0.229 e. The lowest BCUT2D eigenvalue weighted by Gasteiger charge is -2.10. The molecule has 84 valence electrons. The Hall–Kier alpha value is -1.78. The summed E-state index contributed by atoms with van der Waals surface area (Å²) >= 11 is 0. The molecule has 1 aromatic heterocycles. The molecule has 0 unspecified atom stereocenters. The summed E-state index contributed by atoms with van der Waals surface area (Å²) in [6.45, 7) is 1.87. The molecule has 0 aliphatic carbocycles. The summed E-state index contributed by atoms with van der Waals surface area (Å²) in [5, 5.41) is 3.68. The summed E-state index contributed by atoms with van der Waals surface area (Å²) in [6, 6.07) is 7.67. The molecule has 0 saturated carbocycles. The molecule has 0 atom stereocenters. The summed E-state index contributed by atoms with van der Waals surface area (Å²) in [5.41, 5.74) is 0.628. The van der Waals surface area contributed by atoms with Crippen LogP contribution < -0.4 is 0 Å². The number of halogens is 3. The first-order valence-electron chi connectivity index (χ1n) is 4.67. The van der Waals surface area contributed by atoms with Gasteiger partial charge in [0.15, 0.2) is 0 Å². The first kappa shape index (κ1) is 10.7. The van der Waals surface area contributed by atoms with Crippen LogP contribution in [0.2, 0.25) is 0 Å². The van der Waals surface area contributed by atoms with Crippen molar-refractivity contribution >= 4 is 0 Å². The van der Waals surface area contributed by atoms with E-state index >= 15 is 0 Å². The zero-order chi connectivity index (χ0) is 11.8. The van der Waals surface area contributed by atoms with Gasteiger partial charge < -0.3 is 0 Å². The van der Waals surface area contributed by atoms with E-state index in [1.807, 2.05) is 6.92 Å². The van der Waals surface area contributed by atoms with Crippen LogP contribution in [0, 0.1) is 6.92 Å². The average Bonchev–Trinajstić information content (AvgIpc) is 2.66. The normalized spacial score (nSPS) is 11.8. The van der Waals surface area contributed by atoms with Gasteiger partial charge >= 0.3 is 6.18 Å². The first-order chi connectivity index (χ1) is 7.48. The van der Waals surface area contributed by atoms with E-state index in [4.69, 9.17) is 0 Å². The van der Waals surface area contributed by atoms with Crippen molar-refractivity contribution in [3.8, 4) is 5.69 Å². The molecule has 2 nitrogen and oxygen atoms in total. The van der Waals surface area contributed by atoms with Crippen LogP contribution in [0.1, 0.15) is 11.3 Å². The molecule has 0 spiro atoms. The van der Waals surface area contributed by atoms with Gasteiger partial charge in [-0.3, -0.25) is 0 Å². The van der Waals surface area contributed by atoms with E-state index in [-0.39, 0.29) is 0 Å². The minimum absolute atomic E-state index is 0.405. The summed E-state index contributed by atoms with van der Waals surface area (Å²) in [6.07, 6.45) is -3.25. The Morgan fingerprint density at radius 3 is 2.25 bits per heavy atom. The van der Waals surface area contributed by atoms with E-state index in [0.29, 0.717) is 5.69 Å². The van der Waals surface area contributed by atoms with Crippen LogP contribution in [-0.4, -0.2) is 9.78 Å². The lowest BCUT2D eigenvalue weighted by molar-refractivity contribution is -0.142. The van der Waals surface area contributed by atoms with Crippen LogP contribution in [-0.2, 0) is 6.18 Å². The zero-order valence-electron chi connectivity index (χ0n) is 8.49. The van der Waals surface area contributed by atoms with E-state index in [2.05, 4.69) is 5.10 Å². The van der Waals surface area contributed by atoms with Crippen molar-refractivity contribution in [3.63, 3.8) is 0 Å². The lowest BCUT2D eigenvalue weighted by atomic mass is 10.2. The molecule has 0 amide bonds.